The standard InChI is InChI=1S/C23H20N4O3S/c1-14-19(25-15(2)28)9-6-10-20(14)26-21(29)18-12-24-23-27(22(18)30)13-17(31-23)11-16-7-4-3-5-8-16/h3-10,12-13H,11H2,1-2H3,(H,25,28)(H,26,29). The first kappa shape index (κ1) is 20.5. The maximum absolute atomic E-state index is 12.9. The van der Waals surface area contributed by atoms with Gasteiger partial charge in [0.2, 0.25) is 5.91 Å². The molecule has 0 atom stereocenters. The van der Waals surface area contributed by atoms with Crippen LogP contribution in [0, 0.1) is 6.92 Å². The van der Waals surface area contributed by atoms with Gasteiger partial charge in [0, 0.05) is 42.0 Å². The molecule has 31 heavy (non-hydrogen) atoms. The number of carbonyl (C=O) groups excluding carboxylic acids is 2. The van der Waals surface area contributed by atoms with E-state index in [0.717, 1.165) is 10.4 Å². The predicted molar refractivity (Wildman–Crippen MR) is 122 cm³/mol. The molecule has 0 spiro atoms. The molecule has 7 nitrogen and oxygen atoms in total. The highest BCUT2D eigenvalue weighted by atomic mass is 32.1. The molecule has 0 bridgehead atoms. The van der Waals surface area contributed by atoms with Crippen molar-refractivity contribution in [2.75, 3.05) is 10.6 Å². The Morgan fingerprint density at radius 1 is 1.03 bits per heavy atom. The molecule has 0 aliphatic carbocycles. The van der Waals surface area contributed by atoms with E-state index in [1.807, 2.05) is 30.3 Å². The summed E-state index contributed by atoms with van der Waals surface area (Å²) >= 11 is 1.42. The molecule has 2 N–H and O–H groups in total. The SMILES string of the molecule is CC(=O)Nc1cccc(NC(=O)c2cnc3sc(Cc4ccccc4)cn3c2=O)c1C. The Morgan fingerprint density at radius 3 is 2.45 bits per heavy atom. The molecule has 2 aromatic heterocycles. The van der Waals surface area contributed by atoms with Gasteiger partial charge < -0.3 is 10.6 Å². The summed E-state index contributed by atoms with van der Waals surface area (Å²) in [5.41, 5.74) is 2.46. The van der Waals surface area contributed by atoms with E-state index < -0.39 is 11.5 Å². The smallest absolute Gasteiger partial charge is 0.271 e. The van der Waals surface area contributed by atoms with Crippen LogP contribution in [0.3, 0.4) is 0 Å². The summed E-state index contributed by atoms with van der Waals surface area (Å²) in [6.07, 6.45) is 3.73. The zero-order valence-electron chi connectivity index (χ0n) is 17.0. The summed E-state index contributed by atoms with van der Waals surface area (Å²) in [5.74, 6) is -0.756. The van der Waals surface area contributed by atoms with Crippen molar-refractivity contribution in [2.24, 2.45) is 0 Å². The minimum atomic E-state index is -0.550. The van der Waals surface area contributed by atoms with Crippen molar-refractivity contribution in [3.63, 3.8) is 0 Å². The summed E-state index contributed by atoms with van der Waals surface area (Å²) < 4.78 is 1.42. The number of thiazole rings is 1. The van der Waals surface area contributed by atoms with E-state index in [2.05, 4.69) is 15.6 Å². The van der Waals surface area contributed by atoms with Crippen LogP contribution in [0.1, 0.15) is 33.3 Å². The number of hydrogen-bond donors (Lipinski definition) is 2. The summed E-state index contributed by atoms with van der Waals surface area (Å²) in [5, 5.41) is 5.47. The van der Waals surface area contributed by atoms with Gasteiger partial charge in [0.25, 0.3) is 11.5 Å². The first-order chi connectivity index (χ1) is 14.9. The molecule has 0 fully saturated rings. The van der Waals surface area contributed by atoms with Gasteiger partial charge in [0.1, 0.15) is 5.56 Å². The first-order valence-corrected chi connectivity index (χ1v) is 10.5. The monoisotopic (exact) mass is 432 g/mol. The first-order valence-electron chi connectivity index (χ1n) is 9.65. The molecule has 2 amide bonds. The van der Waals surface area contributed by atoms with Crippen LogP contribution in [0.5, 0.6) is 0 Å². The van der Waals surface area contributed by atoms with Gasteiger partial charge in [-0.1, -0.05) is 36.4 Å². The summed E-state index contributed by atoms with van der Waals surface area (Å²) in [6, 6.07) is 15.1. The highest BCUT2D eigenvalue weighted by molar-refractivity contribution is 7.17. The molecule has 0 aliphatic heterocycles. The quantitative estimate of drug-likeness (QED) is 0.501. The average molecular weight is 433 g/mol. The molecule has 8 heteroatoms. The third-order valence-electron chi connectivity index (χ3n) is 4.81. The second-order valence-electron chi connectivity index (χ2n) is 7.10. The van der Waals surface area contributed by atoms with Crippen molar-refractivity contribution in [1.82, 2.24) is 9.38 Å². The Balaban J connectivity index is 1.61. The van der Waals surface area contributed by atoms with Crippen molar-refractivity contribution >= 4 is 39.5 Å². The molecule has 0 saturated carbocycles. The Hall–Kier alpha value is -3.78. The second-order valence-corrected chi connectivity index (χ2v) is 8.20. The van der Waals surface area contributed by atoms with Crippen molar-refractivity contribution in [1.29, 1.82) is 0 Å². The van der Waals surface area contributed by atoms with E-state index in [0.29, 0.717) is 28.3 Å². The lowest BCUT2D eigenvalue weighted by molar-refractivity contribution is -0.114. The van der Waals surface area contributed by atoms with Crippen LogP contribution in [0.25, 0.3) is 4.96 Å². The van der Waals surface area contributed by atoms with Crippen LogP contribution in [-0.2, 0) is 11.2 Å². The van der Waals surface area contributed by atoms with Crippen molar-refractivity contribution in [3.05, 3.63) is 92.8 Å². The number of carbonyl (C=O) groups is 2. The molecule has 4 aromatic rings. The zero-order valence-corrected chi connectivity index (χ0v) is 17.8. The zero-order chi connectivity index (χ0) is 22.0. The number of amides is 2. The maximum atomic E-state index is 12.9. The highest BCUT2D eigenvalue weighted by Crippen LogP contribution is 2.24. The molecular weight excluding hydrogens is 412 g/mol. The summed E-state index contributed by atoms with van der Waals surface area (Å²) in [4.78, 5) is 42.9. The van der Waals surface area contributed by atoms with E-state index in [4.69, 9.17) is 0 Å². The van der Waals surface area contributed by atoms with Gasteiger partial charge in [-0.15, -0.1) is 11.3 Å². The molecule has 0 saturated heterocycles. The Kier molecular flexibility index (Phi) is 5.64. The number of fused-ring (bicyclic) bond motifs is 1. The maximum Gasteiger partial charge on any atom is 0.271 e. The van der Waals surface area contributed by atoms with Crippen molar-refractivity contribution in [2.45, 2.75) is 20.3 Å². The molecule has 2 aromatic carbocycles. The Bertz CT molecular complexity index is 1340. The fraction of sp³-hybridized carbons (Fsp3) is 0.130. The van der Waals surface area contributed by atoms with Gasteiger partial charge >= 0.3 is 0 Å². The number of hydrogen-bond acceptors (Lipinski definition) is 5. The summed E-state index contributed by atoms with van der Waals surface area (Å²) in [7, 11) is 0. The normalized spacial score (nSPS) is 10.8. The Labute approximate surface area is 182 Å². The number of nitrogens with one attached hydrogen (secondary N) is 2. The summed E-state index contributed by atoms with van der Waals surface area (Å²) in [6.45, 7) is 3.20. The van der Waals surface area contributed by atoms with Crippen LogP contribution < -0.4 is 16.2 Å². The van der Waals surface area contributed by atoms with Gasteiger partial charge in [-0.25, -0.2) is 4.98 Å². The second kappa shape index (κ2) is 8.53. The lowest BCUT2D eigenvalue weighted by Crippen LogP contribution is -2.26. The van der Waals surface area contributed by atoms with Crippen LogP contribution in [0.2, 0.25) is 0 Å². The molecule has 0 radical (unpaired) electrons. The lowest BCUT2D eigenvalue weighted by Gasteiger charge is -2.12. The van der Waals surface area contributed by atoms with Crippen molar-refractivity contribution < 1.29 is 9.59 Å². The van der Waals surface area contributed by atoms with E-state index >= 15 is 0 Å². The fourth-order valence-electron chi connectivity index (χ4n) is 3.25. The molecule has 0 aliphatic rings. The number of anilines is 2. The molecular formula is C23H20N4O3S. The van der Waals surface area contributed by atoms with E-state index in [1.165, 1.54) is 28.9 Å². The minimum Gasteiger partial charge on any atom is -0.326 e. The number of aromatic nitrogens is 2. The topological polar surface area (TPSA) is 92.6 Å². The van der Waals surface area contributed by atoms with E-state index in [9.17, 15) is 14.4 Å². The Morgan fingerprint density at radius 2 is 1.74 bits per heavy atom. The van der Waals surface area contributed by atoms with Gasteiger partial charge in [0.15, 0.2) is 4.96 Å². The molecule has 2 heterocycles. The predicted octanol–water partition coefficient (Wildman–Crippen LogP) is 3.87. The van der Waals surface area contributed by atoms with Gasteiger partial charge in [-0.2, -0.15) is 0 Å². The molecule has 156 valence electrons. The van der Waals surface area contributed by atoms with Gasteiger partial charge in [0.05, 0.1) is 0 Å². The van der Waals surface area contributed by atoms with Crippen LogP contribution in [0.4, 0.5) is 11.4 Å². The van der Waals surface area contributed by atoms with Crippen molar-refractivity contribution in [3.8, 4) is 0 Å². The fourth-order valence-corrected chi connectivity index (χ4v) is 4.22. The van der Waals surface area contributed by atoms with Crippen LogP contribution >= 0.6 is 11.3 Å². The van der Waals surface area contributed by atoms with E-state index in [1.54, 1.807) is 31.3 Å². The highest BCUT2D eigenvalue weighted by Gasteiger charge is 2.17. The van der Waals surface area contributed by atoms with Gasteiger partial charge in [-0.3, -0.25) is 18.8 Å². The van der Waals surface area contributed by atoms with Crippen LogP contribution in [0.15, 0.2) is 65.7 Å². The molecule has 4 rings (SSSR count). The average Bonchev–Trinajstić information content (AvgIpc) is 3.15. The number of nitrogens with zero attached hydrogens (tertiary/aromatic N) is 2. The van der Waals surface area contributed by atoms with Gasteiger partial charge in [-0.05, 0) is 30.2 Å². The number of rotatable bonds is 5. The van der Waals surface area contributed by atoms with E-state index in [-0.39, 0.29) is 11.5 Å². The van der Waals surface area contributed by atoms with Crippen LogP contribution in [-0.4, -0.2) is 21.2 Å². The minimum absolute atomic E-state index is 0.0501. The lowest BCUT2D eigenvalue weighted by atomic mass is 10.1. The number of benzene rings is 2. The molecule has 0 unspecified atom stereocenters. The third-order valence-corrected chi connectivity index (χ3v) is 5.81. The third kappa shape index (κ3) is 4.39. The largest absolute Gasteiger partial charge is 0.326 e.